The third-order valence-corrected chi connectivity index (χ3v) is 3.04. The Morgan fingerprint density at radius 3 is 2.20 bits per heavy atom. The van der Waals surface area contributed by atoms with Gasteiger partial charge in [-0.25, -0.2) is 4.39 Å². The maximum atomic E-state index is 13.0. The van der Waals surface area contributed by atoms with Crippen LogP contribution in [0.1, 0.15) is 17.3 Å². The summed E-state index contributed by atoms with van der Waals surface area (Å²) in [5, 5.41) is 0. The van der Waals surface area contributed by atoms with E-state index in [2.05, 4.69) is 0 Å². The number of Topliss-reactive ketones (excluding diaryl/α,β-unsaturated/α-hetero) is 1. The normalized spacial score (nSPS) is 10.2. The van der Waals surface area contributed by atoms with Gasteiger partial charge >= 0.3 is 0 Å². The molecule has 0 N–H and O–H groups in total. The molecule has 4 heteroatoms. The fraction of sp³-hybridized carbons (Fsp3) is 0.188. The van der Waals surface area contributed by atoms with Crippen LogP contribution in [0, 0.1) is 5.82 Å². The van der Waals surface area contributed by atoms with E-state index in [1.807, 2.05) is 0 Å². The number of ether oxygens (including phenoxy) is 2. The minimum absolute atomic E-state index is 0.0747. The molecule has 0 atom stereocenters. The lowest BCUT2D eigenvalue weighted by Gasteiger charge is -2.14. The van der Waals surface area contributed by atoms with Crippen molar-refractivity contribution in [3.8, 4) is 22.6 Å². The molecule has 0 saturated heterocycles. The molecule has 0 radical (unpaired) electrons. The molecule has 0 unspecified atom stereocenters. The quantitative estimate of drug-likeness (QED) is 0.797. The molecule has 0 aromatic heterocycles. The smallest absolute Gasteiger partial charge is 0.168 e. The van der Waals surface area contributed by atoms with E-state index >= 15 is 0 Å². The summed E-state index contributed by atoms with van der Waals surface area (Å²) in [6.45, 7) is 1.48. The van der Waals surface area contributed by atoms with Crippen LogP contribution in [0.4, 0.5) is 4.39 Å². The number of rotatable bonds is 4. The molecule has 0 bridgehead atoms. The Morgan fingerprint density at radius 2 is 1.70 bits per heavy atom. The van der Waals surface area contributed by atoms with Crippen molar-refractivity contribution >= 4 is 5.78 Å². The summed E-state index contributed by atoms with van der Waals surface area (Å²) in [6.07, 6.45) is 0. The first-order valence-electron chi connectivity index (χ1n) is 6.09. The van der Waals surface area contributed by atoms with Crippen LogP contribution in [0.15, 0.2) is 36.4 Å². The summed E-state index contributed by atoms with van der Waals surface area (Å²) in [6, 6.07) is 9.35. The summed E-state index contributed by atoms with van der Waals surface area (Å²) >= 11 is 0. The number of hydrogen-bond acceptors (Lipinski definition) is 3. The van der Waals surface area contributed by atoms with Gasteiger partial charge < -0.3 is 9.47 Å². The first kappa shape index (κ1) is 14.1. The highest BCUT2D eigenvalue weighted by Gasteiger charge is 2.15. The van der Waals surface area contributed by atoms with Crippen LogP contribution in [-0.4, -0.2) is 20.0 Å². The van der Waals surface area contributed by atoms with Crippen molar-refractivity contribution in [3.05, 3.63) is 47.8 Å². The van der Waals surface area contributed by atoms with Crippen LogP contribution in [0.3, 0.4) is 0 Å². The van der Waals surface area contributed by atoms with Gasteiger partial charge in [0, 0.05) is 11.1 Å². The fourth-order valence-corrected chi connectivity index (χ4v) is 2.01. The average Bonchev–Trinajstić information content (AvgIpc) is 2.46. The van der Waals surface area contributed by atoms with Crippen molar-refractivity contribution in [1.82, 2.24) is 0 Å². The standard InChI is InChI=1S/C16H15FO3/c1-10(18)12-8-14(11-4-6-13(17)7-5-11)16(20-3)15(9-12)19-2/h4-9H,1-3H3. The second kappa shape index (κ2) is 5.74. The van der Waals surface area contributed by atoms with Gasteiger partial charge in [0.2, 0.25) is 0 Å². The zero-order valence-corrected chi connectivity index (χ0v) is 11.6. The summed E-state index contributed by atoms with van der Waals surface area (Å²) < 4.78 is 23.6. The van der Waals surface area contributed by atoms with Gasteiger partial charge in [0.15, 0.2) is 17.3 Å². The van der Waals surface area contributed by atoms with Gasteiger partial charge in [0.1, 0.15) is 5.82 Å². The van der Waals surface area contributed by atoms with Crippen molar-refractivity contribution < 1.29 is 18.7 Å². The predicted octanol–water partition coefficient (Wildman–Crippen LogP) is 3.71. The van der Waals surface area contributed by atoms with Crippen LogP contribution >= 0.6 is 0 Å². The Kier molecular flexibility index (Phi) is 4.03. The number of ketones is 1. The highest BCUT2D eigenvalue weighted by molar-refractivity contribution is 5.97. The topological polar surface area (TPSA) is 35.5 Å². The van der Waals surface area contributed by atoms with E-state index in [-0.39, 0.29) is 11.6 Å². The number of carbonyl (C=O) groups excluding carboxylic acids is 1. The van der Waals surface area contributed by atoms with Gasteiger partial charge in [-0.2, -0.15) is 0 Å². The molecule has 0 heterocycles. The molecule has 0 amide bonds. The number of halogens is 1. The van der Waals surface area contributed by atoms with E-state index in [1.54, 1.807) is 24.3 Å². The Morgan fingerprint density at radius 1 is 1.05 bits per heavy atom. The van der Waals surface area contributed by atoms with E-state index in [0.29, 0.717) is 22.6 Å². The summed E-state index contributed by atoms with van der Waals surface area (Å²) in [7, 11) is 3.04. The first-order chi connectivity index (χ1) is 9.56. The zero-order chi connectivity index (χ0) is 14.7. The summed E-state index contributed by atoms with van der Waals surface area (Å²) in [4.78, 5) is 11.6. The molecule has 3 nitrogen and oxygen atoms in total. The largest absolute Gasteiger partial charge is 0.493 e. The molecule has 0 aliphatic rings. The minimum atomic E-state index is -0.317. The molecule has 2 aromatic carbocycles. The van der Waals surface area contributed by atoms with Crippen LogP contribution in [0.25, 0.3) is 11.1 Å². The third kappa shape index (κ3) is 2.64. The maximum Gasteiger partial charge on any atom is 0.168 e. The van der Waals surface area contributed by atoms with Gasteiger partial charge in [0.25, 0.3) is 0 Å². The Balaban J connectivity index is 2.68. The predicted molar refractivity (Wildman–Crippen MR) is 74.9 cm³/mol. The Hall–Kier alpha value is -2.36. The second-order valence-corrected chi connectivity index (χ2v) is 4.32. The molecule has 0 saturated carbocycles. The molecule has 0 aliphatic heterocycles. The van der Waals surface area contributed by atoms with Crippen molar-refractivity contribution in [2.75, 3.05) is 14.2 Å². The van der Waals surface area contributed by atoms with Crippen LogP contribution in [-0.2, 0) is 0 Å². The monoisotopic (exact) mass is 274 g/mol. The summed E-state index contributed by atoms with van der Waals surface area (Å²) in [5.74, 6) is 0.598. The van der Waals surface area contributed by atoms with E-state index in [1.165, 1.54) is 33.3 Å². The van der Waals surface area contributed by atoms with Gasteiger partial charge in [0.05, 0.1) is 14.2 Å². The molecular formula is C16H15FO3. The SMILES string of the molecule is COc1cc(C(C)=O)cc(-c2ccc(F)cc2)c1OC. The number of hydrogen-bond donors (Lipinski definition) is 0. The van der Waals surface area contributed by atoms with Gasteiger partial charge in [-0.05, 0) is 36.8 Å². The number of methoxy groups -OCH3 is 2. The van der Waals surface area contributed by atoms with Crippen LogP contribution in [0.2, 0.25) is 0 Å². The van der Waals surface area contributed by atoms with Crippen LogP contribution < -0.4 is 9.47 Å². The first-order valence-corrected chi connectivity index (χ1v) is 6.09. The average molecular weight is 274 g/mol. The highest BCUT2D eigenvalue weighted by Crippen LogP contribution is 2.39. The third-order valence-electron chi connectivity index (χ3n) is 3.04. The van der Waals surface area contributed by atoms with E-state index in [0.717, 1.165) is 5.56 Å². The Labute approximate surface area is 117 Å². The zero-order valence-electron chi connectivity index (χ0n) is 11.6. The lowest BCUT2D eigenvalue weighted by molar-refractivity contribution is 0.101. The van der Waals surface area contributed by atoms with Crippen molar-refractivity contribution in [1.29, 1.82) is 0 Å². The van der Waals surface area contributed by atoms with Crippen molar-refractivity contribution in [2.24, 2.45) is 0 Å². The van der Waals surface area contributed by atoms with Gasteiger partial charge in [-0.3, -0.25) is 4.79 Å². The lowest BCUT2D eigenvalue weighted by atomic mass is 9.99. The fourth-order valence-electron chi connectivity index (χ4n) is 2.01. The maximum absolute atomic E-state index is 13.0. The molecule has 104 valence electrons. The molecule has 2 rings (SSSR count). The van der Waals surface area contributed by atoms with Crippen molar-refractivity contribution in [2.45, 2.75) is 6.92 Å². The van der Waals surface area contributed by atoms with E-state index in [9.17, 15) is 9.18 Å². The second-order valence-electron chi connectivity index (χ2n) is 4.32. The Bertz CT molecular complexity index is 633. The number of carbonyl (C=O) groups is 1. The van der Waals surface area contributed by atoms with Gasteiger partial charge in [-0.15, -0.1) is 0 Å². The number of benzene rings is 2. The van der Waals surface area contributed by atoms with E-state index < -0.39 is 0 Å². The molecule has 0 aliphatic carbocycles. The minimum Gasteiger partial charge on any atom is -0.493 e. The molecular weight excluding hydrogens is 259 g/mol. The molecule has 0 spiro atoms. The molecule has 2 aromatic rings. The van der Waals surface area contributed by atoms with Gasteiger partial charge in [-0.1, -0.05) is 12.1 Å². The molecule has 20 heavy (non-hydrogen) atoms. The summed E-state index contributed by atoms with van der Waals surface area (Å²) in [5.41, 5.74) is 1.96. The van der Waals surface area contributed by atoms with Crippen LogP contribution in [0.5, 0.6) is 11.5 Å². The van der Waals surface area contributed by atoms with Crippen molar-refractivity contribution in [3.63, 3.8) is 0 Å². The molecule has 0 fully saturated rings. The van der Waals surface area contributed by atoms with E-state index in [4.69, 9.17) is 9.47 Å². The lowest BCUT2D eigenvalue weighted by Crippen LogP contribution is -1.99. The highest BCUT2D eigenvalue weighted by atomic mass is 19.1.